The van der Waals surface area contributed by atoms with Crippen LogP contribution in [0.4, 0.5) is 5.69 Å². The van der Waals surface area contributed by atoms with Crippen LogP contribution in [0.2, 0.25) is 0 Å². The SMILES string of the molecule is CCOc1ccccc1NC(=S)N(Cc1ccc(CC)cc1)Cc1ccc(OC)cc1. The molecule has 3 rings (SSSR count). The molecule has 0 aliphatic rings. The fraction of sp³-hybridized carbons (Fsp3) is 0.269. The molecular weight excluding hydrogens is 404 g/mol. The number of para-hydroxylation sites is 2. The van der Waals surface area contributed by atoms with E-state index in [1.54, 1.807) is 7.11 Å². The Morgan fingerprint density at radius 3 is 2.00 bits per heavy atom. The molecule has 5 heteroatoms. The molecule has 0 radical (unpaired) electrons. The zero-order chi connectivity index (χ0) is 22.1. The maximum atomic E-state index is 5.83. The van der Waals surface area contributed by atoms with Crippen molar-refractivity contribution >= 4 is 23.0 Å². The number of aryl methyl sites for hydroxylation is 1. The first-order chi connectivity index (χ1) is 15.1. The van der Waals surface area contributed by atoms with Crippen LogP contribution in [0, 0.1) is 0 Å². The van der Waals surface area contributed by atoms with Gasteiger partial charge in [0.05, 0.1) is 19.4 Å². The monoisotopic (exact) mass is 434 g/mol. The van der Waals surface area contributed by atoms with E-state index in [4.69, 9.17) is 21.7 Å². The van der Waals surface area contributed by atoms with Crippen LogP contribution >= 0.6 is 12.2 Å². The maximum absolute atomic E-state index is 5.83. The van der Waals surface area contributed by atoms with E-state index in [1.807, 2.05) is 43.3 Å². The van der Waals surface area contributed by atoms with Crippen LogP contribution in [0.3, 0.4) is 0 Å². The number of methoxy groups -OCH3 is 1. The van der Waals surface area contributed by atoms with E-state index in [9.17, 15) is 0 Å². The number of ether oxygens (including phenoxy) is 2. The summed E-state index contributed by atoms with van der Waals surface area (Å²) in [5, 5.41) is 4.04. The second-order valence-corrected chi connectivity index (χ2v) is 7.62. The minimum atomic E-state index is 0.602. The van der Waals surface area contributed by atoms with Gasteiger partial charge in [-0.25, -0.2) is 0 Å². The molecule has 162 valence electrons. The first-order valence-electron chi connectivity index (χ1n) is 10.6. The summed E-state index contributed by atoms with van der Waals surface area (Å²) in [4.78, 5) is 2.17. The van der Waals surface area contributed by atoms with Gasteiger partial charge in [0.25, 0.3) is 0 Å². The molecule has 0 saturated carbocycles. The lowest BCUT2D eigenvalue weighted by molar-refractivity contribution is 0.342. The van der Waals surface area contributed by atoms with Crippen LogP contribution in [0.5, 0.6) is 11.5 Å². The van der Waals surface area contributed by atoms with Crippen molar-refractivity contribution in [2.45, 2.75) is 33.4 Å². The first kappa shape index (κ1) is 22.6. The van der Waals surface area contributed by atoms with Crippen molar-refractivity contribution in [3.63, 3.8) is 0 Å². The van der Waals surface area contributed by atoms with Crippen LogP contribution in [0.1, 0.15) is 30.5 Å². The van der Waals surface area contributed by atoms with Crippen LogP contribution < -0.4 is 14.8 Å². The molecule has 3 aromatic rings. The van der Waals surface area contributed by atoms with E-state index in [0.717, 1.165) is 29.2 Å². The molecule has 0 fully saturated rings. The molecule has 0 atom stereocenters. The van der Waals surface area contributed by atoms with Gasteiger partial charge in [-0.15, -0.1) is 0 Å². The number of benzene rings is 3. The van der Waals surface area contributed by atoms with Gasteiger partial charge in [-0.05, 0) is 66.5 Å². The summed E-state index contributed by atoms with van der Waals surface area (Å²) in [6.07, 6.45) is 1.03. The lowest BCUT2D eigenvalue weighted by Gasteiger charge is -2.27. The molecule has 0 bridgehead atoms. The van der Waals surface area contributed by atoms with Crippen LogP contribution in [0.15, 0.2) is 72.8 Å². The van der Waals surface area contributed by atoms with Gasteiger partial charge >= 0.3 is 0 Å². The number of nitrogens with zero attached hydrogens (tertiary/aromatic N) is 1. The Balaban J connectivity index is 1.81. The van der Waals surface area contributed by atoms with Crippen LogP contribution in [-0.4, -0.2) is 23.7 Å². The number of rotatable bonds is 9. The highest BCUT2D eigenvalue weighted by Crippen LogP contribution is 2.25. The van der Waals surface area contributed by atoms with Gasteiger partial charge in [-0.3, -0.25) is 0 Å². The molecule has 0 aliphatic carbocycles. The second-order valence-electron chi connectivity index (χ2n) is 7.23. The Hall–Kier alpha value is -3.05. The molecule has 0 unspecified atom stereocenters. The Morgan fingerprint density at radius 1 is 0.839 bits per heavy atom. The lowest BCUT2D eigenvalue weighted by Crippen LogP contribution is -2.34. The largest absolute Gasteiger partial charge is 0.497 e. The van der Waals surface area contributed by atoms with Crippen LogP contribution in [0.25, 0.3) is 0 Å². The van der Waals surface area contributed by atoms with Crippen molar-refractivity contribution in [1.82, 2.24) is 4.90 Å². The molecule has 3 aromatic carbocycles. The summed E-state index contributed by atoms with van der Waals surface area (Å²) in [7, 11) is 1.68. The molecule has 0 aliphatic heterocycles. The predicted molar refractivity (Wildman–Crippen MR) is 132 cm³/mol. The minimum absolute atomic E-state index is 0.602. The van der Waals surface area contributed by atoms with Gasteiger partial charge in [0.1, 0.15) is 11.5 Å². The van der Waals surface area contributed by atoms with Crippen molar-refractivity contribution in [1.29, 1.82) is 0 Å². The number of nitrogens with one attached hydrogen (secondary N) is 1. The van der Waals surface area contributed by atoms with Crippen molar-refractivity contribution in [3.8, 4) is 11.5 Å². The second kappa shape index (κ2) is 11.4. The number of hydrogen-bond donors (Lipinski definition) is 1. The van der Waals surface area contributed by atoms with Crippen molar-refractivity contribution in [2.75, 3.05) is 19.0 Å². The third-order valence-electron chi connectivity index (χ3n) is 5.05. The summed E-state index contributed by atoms with van der Waals surface area (Å²) in [6.45, 7) is 6.14. The highest BCUT2D eigenvalue weighted by atomic mass is 32.1. The summed E-state index contributed by atoms with van der Waals surface area (Å²) in [5.74, 6) is 1.64. The molecule has 1 N–H and O–H groups in total. The molecule has 0 aromatic heterocycles. The number of anilines is 1. The summed E-state index contributed by atoms with van der Waals surface area (Å²) in [5.41, 5.74) is 4.58. The summed E-state index contributed by atoms with van der Waals surface area (Å²) < 4.78 is 11.0. The third-order valence-corrected chi connectivity index (χ3v) is 5.41. The topological polar surface area (TPSA) is 33.7 Å². The predicted octanol–water partition coefficient (Wildman–Crippen LogP) is 6.06. The van der Waals surface area contributed by atoms with E-state index >= 15 is 0 Å². The van der Waals surface area contributed by atoms with Gasteiger partial charge in [0.15, 0.2) is 5.11 Å². The van der Waals surface area contributed by atoms with E-state index in [2.05, 4.69) is 53.5 Å². The molecular formula is C26H30N2O2S. The van der Waals surface area contributed by atoms with Crippen LogP contribution in [-0.2, 0) is 19.5 Å². The fourth-order valence-electron chi connectivity index (χ4n) is 3.30. The van der Waals surface area contributed by atoms with E-state index in [1.165, 1.54) is 11.1 Å². The summed E-state index contributed by atoms with van der Waals surface area (Å²) >= 11 is 5.83. The average molecular weight is 435 g/mol. The van der Waals surface area contributed by atoms with Gasteiger partial charge < -0.3 is 19.7 Å². The normalized spacial score (nSPS) is 10.4. The number of thiocarbonyl (C=S) groups is 1. The minimum Gasteiger partial charge on any atom is -0.497 e. The lowest BCUT2D eigenvalue weighted by atomic mass is 10.1. The van der Waals surface area contributed by atoms with E-state index in [0.29, 0.717) is 24.8 Å². The first-order valence-corrected chi connectivity index (χ1v) is 11.0. The Labute approximate surface area is 190 Å². The van der Waals surface area contributed by atoms with Gasteiger partial charge in [0, 0.05) is 13.1 Å². The van der Waals surface area contributed by atoms with Gasteiger partial charge in [-0.2, -0.15) is 0 Å². The zero-order valence-electron chi connectivity index (χ0n) is 18.4. The third kappa shape index (κ3) is 6.46. The van der Waals surface area contributed by atoms with Crippen molar-refractivity contribution in [3.05, 3.63) is 89.5 Å². The highest BCUT2D eigenvalue weighted by Gasteiger charge is 2.14. The molecule has 4 nitrogen and oxygen atoms in total. The highest BCUT2D eigenvalue weighted by molar-refractivity contribution is 7.80. The summed E-state index contributed by atoms with van der Waals surface area (Å²) in [6, 6.07) is 24.7. The molecule has 31 heavy (non-hydrogen) atoms. The standard InChI is InChI=1S/C26H30N2O2S/c1-4-20-10-12-21(13-11-20)18-28(19-22-14-16-23(29-3)17-15-22)26(31)27-24-8-6-7-9-25(24)30-5-2/h6-17H,4-5,18-19H2,1-3H3,(H,27,31). The maximum Gasteiger partial charge on any atom is 0.174 e. The molecule has 0 saturated heterocycles. The molecule has 0 amide bonds. The Kier molecular flexibility index (Phi) is 8.30. The zero-order valence-corrected chi connectivity index (χ0v) is 19.2. The average Bonchev–Trinajstić information content (AvgIpc) is 2.81. The number of hydrogen-bond acceptors (Lipinski definition) is 3. The Morgan fingerprint density at radius 2 is 1.42 bits per heavy atom. The van der Waals surface area contributed by atoms with Gasteiger partial charge in [-0.1, -0.05) is 55.5 Å². The molecule has 0 heterocycles. The van der Waals surface area contributed by atoms with Gasteiger partial charge in [0.2, 0.25) is 0 Å². The van der Waals surface area contributed by atoms with Crippen molar-refractivity contribution < 1.29 is 9.47 Å². The van der Waals surface area contributed by atoms with E-state index in [-0.39, 0.29) is 0 Å². The van der Waals surface area contributed by atoms with E-state index < -0.39 is 0 Å². The Bertz CT molecular complexity index is 922. The smallest absolute Gasteiger partial charge is 0.174 e. The van der Waals surface area contributed by atoms with Crippen molar-refractivity contribution in [2.24, 2.45) is 0 Å². The molecule has 0 spiro atoms. The fourth-order valence-corrected chi connectivity index (χ4v) is 3.54. The quantitative estimate of drug-likeness (QED) is 0.414.